The van der Waals surface area contributed by atoms with Crippen molar-refractivity contribution < 1.29 is 14.6 Å². The number of carbonyl (C=O) groups is 1. The van der Waals surface area contributed by atoms with Crippen LogP contribution in [0.3, 0.4) is 0 Å². The van der Waals surface area contributed by atoms with Gasteiger partial charge in [-0.1, -0.05) is 27.2 Å². The quantitative estimate of drug-likeness (QED) is 0.782. The number of hydrogen-bond donors (Lipinski definition) is 1. The van der Waals surface area contributed by atoms with Crippen LogP contribution in [-0.4, -0.2) is 23.8 Å². The second-order valence-corrected chi connectivity index (χ2v) is 7.79. The van der Waals surface area contributed by atoms with Crippen LogP contribution in [0.25, 0.3) is 0 Å². The maximum absolute atomic E-state index is 12.5. The Hall–Kier alpha value is -0.570. The van der Waals surface area contributed by atoms with Crippen molar-refractivity contribution in [2.75, 3.05) is 6.61 Å². The van der Waals surface area contributed by atoms with Crippen LogP contribution >= 0.6 is 0 Å². The molecule has 3 heteroatoms. The summed E-state index contributed by atoms with van der Waals surface area (Å²) < 4.78 is 5.32. The van der Waals surface area contributed by atoms with Gasteiger partial charge in [-0.3, -0.25) is 4.79 Å². The Kier molecular flexibility index (Phi) is 2.50. The summed E-state index contributed by atoms with van der Waals surface area (Å²) in [6.45, 7) is 9.09. The van der Waals surface area contributed by atoms with E-state index in [1.165, 1.54) is 6.42 Å². The summed E-state index contributed by atoms with van der Waals surface area (Å²) >= 11 is 0. The van der Waals surface area contributed by atoms with Crippen molar-refractivity contribution in [3.8, 4) is 0 Å². The van der Waals surface area contributed by atoms with E-state index in [1.54, 1.807) is 0 Å². The highest BCUT2D eigenvalue weighted by Crippen LogP contribution is 2.88. The lowest BCUT2D eigenvalue weighted by molar-refractivity contribution is -0.157. The molecule has 3 saturated carbocycles. The number of esters is 1. The van der Waals surface area contributed by atoms with Gasteiger partial charge >= 0.3 is 5.97 Å². The van der Waals surface area contributed by atoms with Gasteiger partial charge in [-0.05, 0) is 43.4 Å². The molecule has 3 rings (SSSR count). The predicted molar refractivity (Wildman–Crippen MR) is 72.5 cm³/mol. The van der Waals surface area contributed by atoms with Crippen molar-refractivity contribution in [3.63, 3.8) is 0 Å². The summed E-state index contributed by atoms with van der Waals surface area (Å²) in [5.41, 5.74) is -0.441. The van der Waals surface area contributed by atoms with E-state index in [2.05, 4.69) is 20.8 Å². The number of rotatable bonds is 2. The average Bonchev–Trinajstić information content (AvgIpc) is 2.96. The molecule has 3 fully saturated rings. The van der Waals surface area contributed by atoms with Gasteiger partial charge in [-0.2, -0.15) is 0 Å². The fraction of sp³-hybridized carbons (Fsp3) is 0.938. The lowest BCUT2D eigenvalue weighted by Crippen LogP contribution is -2.45. The summed E-state index contributed by atoms with van der Waals surface area (Å²) in [6, 6.07) is 0. The minimum atomic E-state index is -0.609. The zero-order valence-electron chi connectivity index (χ0n) is 12.6. The molecule has 0 saturated heterocycles. The third kappa shape index (κ3) is 1.22. The fourth-order valence-corrected chi connectivity index (χ4v) is 6.06. The first kappa shape index (κ1) is 13.4. The van der Waals surface area contributed by atoms with Gasteiger partial charge in [0.25, 0.3) is 0 Å². The maximum atomic E-state index is 12.5. The number of aliphatic hydroxyl groups is 1. The molecular weight excluding hydrogens is 240 g/mol. The van der Waals surface area contributed by atoms with Crippen LogP contribution in [0.15, 0.2) is 0 Å². The second kappa shape index (κ2) is 3.55. The maximum Gasteiger partial charge on any atom is 0.315 e. The molecule has 0 heterocycles. The summed E-state index contributed by atoms with van der Waals surface area (Å²) in [5.74, 6) is -0.152. The van der Waals surface area contributed by atoms with Crippen LogP contribution in [0.5, 0.6) is 0 Å². The summed E-state index contributed by atoms with van der Waals surface area (Å²) in [6.07, 6.45) is 4.55. The van der Waals surface area contributed by atoms with Crippen molar-refractivity contribution in [1.82, 2.24) is 0 Å². The van der Waals surface area contributed by atoms with Crippen LogP contribution in [0, 0.1) is 21.7 Å². The third-order valence-corrected chi connectivity index (χ3v) is 6.75. The smallest absolute Gasteiger partial charge is 0.315 e. The molecule has 1 spiro atoms. The van der Waals surface area contributed by atoms with Gasteiger partial charge in [-0.25, -0.2) is 0 Å². The molecule has 0 radical (unpaired) electrons. The molecule has 19 heavy (non-hydrogen) atoms. The Morgan fingerprint density at radius 3 is 2.63 bits per heavy atom. The molecule has 4 atom stereocenters. The Labute approximate surface area is 115 Å². The molecule has 0 aliphatic heterocycles. The van der Waals surface area contributed by atoms with Crippen LogP contribution < -0.4 is 0 Å². The van der Waals surface area contributed by atoms with E-state index in [4.69, 9.17) is 4.74 Å². The van der Waals surface area contributed by atoms with Gasteiger partial charge in [-0.15, -0.1) is 0 Å². The largest absolute Gasteiger partial charge is 0.465 e. The molecule has 0 aromatic rings. The van der Waals surface area contributed by atoms with Gasteiger partial charge in [0.15, 0.2) is 0 Å². The van der Waals surface area contributed by atoms with Crippen LogP contribution in [0.2, 0.25) is 0 Å². The monoisotopic (exact) mass is 266 g/mol. The topological polar surface area (TPSA) is 46.5 Å². The lowest BCUT2D eigenvalue weighted by Gasteiger charge is -2.50. The first-order valence-corrected chi connectivity index (χ1v) is 7.63. The zero-order valence-corrected chi connectivity index (χ0v) is 12.6. The third-order valence-electron chi connectivity index (χ3n) is 6.75. The molecule has 108 valence electrons. The molecule has 0 bridgehead atoms. The van der Waals surface area contributed by atoms with E-state index in [9.17, 15) is 9.90 Å². The number of carbonyl (C=O) groups excluding carboxylic acids is 1. The minimum absolute atomic E-state index is 0.0447. The van der Waals surface area contributed by atoms with Gasteiger partial charge in [0.2, 0.25) is 0 Å². The molecule has 1 N–H and O–H groups in total. The predicted octanol–water partition coefficient (Wildman–Crippen LogP) is 2.91. The van der Waals surface area contributed by atoms with Gasteiger partial charge in [0.05, 0.1) is 12.7 Å². The SMILES string of the molecule is CCOC(=O)[C@]12C[C@]13C(C)(C)CCC[C@]3(C)C[C@@H]2O. The summed E-state index contributed by atoms with van der Waals surface area (Å²) in [7, 11) is 0. The highest BCUT2D eigenvalue weighted by atomic mass is 16.5. The first-order chi connectivity index (χ1) is 8.77. The Balaban J connectivity index is 2.08. The highest BCUT2D eigenvalue weighted by molar-refractivity contribution is 5.84. The van der Waals surface area contributed by atoms with Crippen molar-refractivity contribution in [2.45, 2.75) is 65.9 Å². The standard InChI is InChI=1S/C16H26O3/c1-5-19-12(18)15-10-16(15)13(2,3)7-6-8-14(16,4)9-11(15)17/h11,17H,5-10H2,1-4H3/t11-,14+,15+,16+/m0/s1. The van der Waals surface area contributed by atoms with E-state index in [1.807, 2.05) is 6.92 Å². The van der Waals surface area contributed by atoms with Gasteiger partial charge in [0.1, 0.15) is 5.41 Å². The van der Waals surface area contributed by atoms with E-state index in [-0.39, 0.29) is 22.2 Å². The van der Waals surface area contributed by atoms with Crippen LogP contribution in [-0.2, 0) is 9.53 Å². The van der Waals surface area contributed by atoms with Gasteiger partial charge < -0.3 is 9.84 Å². The fourth-order valence-electron chi connectivity index (χ4n) is 6.06. The van der Waals surface area contributed by atoms with Crippen LogP contribution in [0.1, 0.15) is 59.8 Å². The summed E-state index contributed by atoms with van der Waals surface area (Å²) in [5, 5.41) is 10.6. The molecule has 3 aliphatic rings. The van der Waals surface area contributed by atoms with Crippen molar-refractivity contribution in [3.05, 3.63) is 0 Å². The summed E-state index contributed by atoms with van der Waals surface area (Å²) in [4.78, 5) is 12.5. The molecule has 0 amide bonds. The zero-order chi connectivity index (χ0) is 14.1. The number of ether oxygens (including phenoxy) is 1. The molecule has 3 aliphatic carbocycles. The Morgan fingerprint density at radius 1 is 1.32 bits per heavy atom. The molecule has 0 aromatic carbocycles. The highest BCUT2D eigenvalue weighted by Gasteiger charge is 2.89. The first-order valence-electron chi connectivity index (χ1n) is 7.63. The van der Waals surface area contributed by atoms with Crippen molar-refractivity contribution in [1.29, 1.82) is 0 Å². The van der Waals surface area contributed by atoms with Crippen molar-refractivity contribution >= 4 is 5.97 Å². The lowest BCUT2D eigenvalue weighted by atomic mass is 9.53. The van der Waals surface area contributed by atoms with E-state index < -0.39 is 11.5 Å². The van der Waals surface area contributed by atoms with E-state index >= 15 is 0 Å². The molecular formula is C16H26O3. The molecule has 3 nitrogen and oxygen atoms in total. The van der Waals surface area contributed by atoms with E-state index in [0.717, 1.165) is 25.7 Å². The minimum Gasteiger partial charge on any atom is -0.465 e. The molecule has 0 unspecified atom stereocenters. The second-order valence-electron chi connectivity index (χ2n) is 7.79. The number of hydrogen-bond acceptors (Lipinski definition) is 3. The Morgan fingerprint density at radius 2 is 2.00 bits per heavy atom. The van der Waals surface area contributed by atoms with Crippen molar-refractivity contribution in [2.24, 2.45) is 21.7 Å². The van der Waals surface area contributed by atoms with Crippen LogP contribution in [0.4, 0.5) is 0 Å². The molecule has 0 aromatic heterocycles. The Bertz CT molecular complexity index is 430. The normalized spacial score (nSPS) is 50.3. The number of aliphatic hydroxyl groups excluding tert-OH is 1. The van der Waals surface area contributed by atoms with Gasteiger partial charge in [0, 0.05) is 5.41 Å². The average molecular weight is 266 g/mol. The van der Waals surface area contributed by atoms with E-state index in [0.29, 0.717) is 6.61 Å².